The summed E-state index contributed by atoms with van der Waals surface area (Å²) in [6.07, 6.45) is 0. The van der Waals surface area contributed by atoms with E-state index >= 15 is 0 Å². The van der Waals surface area contributed by atoms with Gasteiger partial charge in [0.2, 0.25) is 0 Å². The third-order valence-electron chi connectivity index (χ3n) is 5.36. The molecule has 0 atom stereocenters. The molecule has 7 heteroatoms. The van der Waals surface area contributed by atoms with Gasteiger partial charge < -0.3 is 18.6 Å². The molecule has 142 valence electrons. The van der Waals surface area contributed by atoms with E-state index in [0.29, 0.717) is 6.73 Å². The number of para-hydroxylation sites is 2. The third-order valence-corrected chi connectivity index (χ3v) is 7.07. The van der Waals surface area contributed by atoms with Crippen molar-refractivity contribution in [3.05, 3.63) is 24.3 Å². The number of imidazole rings is 1. The monoisotopic (exact) mass is 374 g/mol. The molecule has 26 heavy (non-hydrogen) atoms. The van der Waals surface area contributed by atoms with Crippen LogP contribution in [0.3, 0.4) is 0 Å². The van der Waals surface area contributed by atoms with E-state index in [1.807, 2.05) is 18.2 Å². The minimum atomic E-state index is -1.11. The first kappa shape index (κ1) is 19.6. The number of hydrogen-bond acceptors (Lipinski definition) is 4. The first-order valence-corrected chi connectivity index (χ1v) is 13.1. The molecule has 0 N–H and O–H groups in total. The summed E-state index contributed by atoms with van der Waals surface area (Å²) in [4.78, 5) is 4.79. The van der Waals surface area contributed by atoms with Crippen LogP contribution >= 0.6 is 0 Å². The van der Waals surface area contributed by atoms with Gasteiger partial charge in [0.25, 0.3) is 0 Å². The van der Waals surface area contributed by atoms with Crippen molar-refractivity contribution in [2.24, 2.45) is 0 Å². The van der Waals surface area contributed by atoms with Crippen molar-refractivity contribution in [3.8, 4) is 0 Å². The minimum absolute atomic E-state index is 0.390. The molecule has 1 aromatic carbocycles. The highest BCUT2D eigenvalue weighted by Gasteiger charge is 2.53. The molecular weight excluding hydrogens is 343 g/mol. The number of nitrogens with zero attached hydrogens (tertiary/aromatic N) is 2. The Morgan fingerprint density at radius 2 is 1.69 bits per heavy atom. The van der Waals surface area contributed by atoms with Gasteiger partial charge in [-0.05, 0) is 45.9 Å². The van der Waals surface area contributed by atoms with Gasteiger partial charge in [-0.15, -0.1) is 0 Å². The van der Waals surface area contributed by atoms with Crippen LogP contribution in [0.1, 0.15) is 27.7 Å². The van der Waals surface area contributed by atoms with Crippen molar-refractivity contribution in [1.29, 1.82) is 0 Å². The predicted molar refractivity (Wildman–Crippen MR) is 110 cm³/mol. The Bertz CT molecular complexity index is 767. The molecule has 0 amide bonds. The second kappa shape index (κ2) is 6.78. The fourth-order valence-electron chi connectivity index (χ4n) is 2.89. The molecule has 0 spiro atoms. The predicted octanol–water partition coefficient (Wildman–Crippen LogP) is 3.65. The minimum Gasteiger partial charge on any atom is -0.397 e. The van der Waals surface area contributed by atoms with Gasteiger partial charge in [-0.25, -0.2) is 4.98 Å². The summed E-state index contributed by atoms with van der Waals surface area (Å²) in [5.41, 5.74) is 1.98. The summed E-state index contributed by atoms with van der Waals surface area (Å²) < 4.78 is 20.6. The smallest absolute Gasteiger partial charge is 0.397 e. The van der Waals surface area contributed by atoms with E-state index in [-0.39, 0.29) is 11.2 Å². The SMILES string of the molecule is CC1(C)OB(c2nc3ccccc3n2COCC[Si](C)(C)C)OC1(C)C. The van der Waals surface area contributed by atoms with Crippen molar-refractivity contribution >= 4 is 31.9 Å². The molecule has 0 saturated carbocycles. The van der Waals surface area contributed by atoms with Gasteiger partial charge >= 0.3 is 7.12 Å². The molecule has 1 aliphatic heterocycles. The van der Waals surface area contributed by atoms with E-state index in [1.165, 1.54) is 0 Å². The van der Waals surface area contributed by atoms with E-state index in [4.69, 9.17) is 19.0 Å². The van der Waals surface area contributed by atoms with Crippen molar-refractivity contribution < 1.29 is 14.0 Å². The van der Waals surface area contributed by atoms with Crippen LogP contribution in [0.15, 0.2) is 24.3 Å². The van der Waals surface area contributed by atoms with Crippen LogP contribution in [-0.2, 0) is 20.8 Å². The summed E-state index contributed by atoms with van der Waals surface area (Å²) in [6, 6.07) is 9.25. The highest BCUT2D eigenvalue weighted by atomic mass is 28.3. The molecule has 0 bridgehead atoms. The van der Waals surface area contributed by atoms with Crippen molar-refractivity contribution in [2.45, 2.75) is 71.3 Å². The fourth-order valence-corrected chi connectivity index (χ4v) is 3.65. The highest BCUT2D eigenvalue weighted by Crippen LogP contribution is 2.36. The summed E-state index contributed by atoms with van der Waals surface area (Å²) in [5.74, 6) is 0. The molecule has 1 saturated heterocycles. The summed E-state index contributed by atoms with van der Waals surface area (Å²) in [7, 11) is -1.60. The number of hydrogen-bond donors (Lipinski definition) is 0. The van der Waals surface area contributed by atoms with Crippen molar-refractivity contribution in [3.63, 3.8) is 0 Å². The molecule has 1 fully saturated rings. The normalized spacial score (nSPS) is 19.4. The Labute approximate surface area is 158 Å². The van der Waals surface area contributed by atoms with Gasteiger partial charge in [0.05, 0.1) is 22.2 Å². The Kier molecular flexibility index (Phi) is 5.12. The summed E-state index contributed by atoms with van der Waals surface area (Å²) in [5, 5.41) is 0. The molecule has 1 aliphatic rings. The number of benzene rings is 1. The topological polar surface area (TPSA) is 45.5 Å². The van der Waals surface area contributed by atoms with Gasteiger partial charge in [-0.2, -0.15) is 0 Å². The quantitative estimate of drug-likeness (QED) is 0.572. The number of rotatable bonds is 6. The first-order chi connectivity index (χ1) is 12.0. The lowest BCUT2D eigenvalue weighted by Crippen LogP contribution is -2.41. The average Bonchev–Trinajstić information content (AvgIpc) is 2.97. The molecule has 1 aromatic heterocycles. The van der Waals surface area contributed by atoms with Crippen LogP contribution in [-0.4, -0.2) is 42.6 Å². The maximum Gasteiger partial charge on any atom is 0.532 e. The molecule has 0 radical (unpaired) electrons. The lowest BCUT2D eigenvalue weighted by molar-refractivity contribution is 0.00578. The van der Waals surface area contributed by atoms with E-state index < -0.39 is 15.2 Å². The van der Waals surface area contributed by atoms with Gasteiger partial charge in [0.1, 0.15) is 12.5 Å². The standard InChI is InChI=1S/C19H31BN2O3Si/c1-18(2)19(3,4)25-20(24-18)17-21-15-10-8-9-11-16(15)22(17)14-23-12-13-26(5,6)7/h8-11H,12-14H2,1-7H3. The number of aromatic nitrogens is 2. The molecule has 3 rings (SSSR count). The van der Waals surface area contributed by atoms with E-state index in [0.717, 1.165) is 29.4 Å². The molecule has 0 aliphatic carbocycles. The summed E-state index contributed by atoms with van der Waals surface area (Å²) >= 11 is 0. The van der Waals surface area contributed by atoms with Gasteiger partial charge in [0.15, 0.2) is 0 Å². The van der Waals surface area contributed by atoms with Crippen LogP contribution in [0.4, 0.5) is 0 Å². The van der Waals surface area contributed by atoms with Crippen molar-refractivity contribution in [2.75, 3.05) is 6.61 Å². The number of fused-ring (bicyclic) bond motifs is 1. The zero-order valence-corrected chi connectivity index (χ0v) is 18.1. The zero-order valence-electron chi connectivity index (χ0n) is 17.1. The molecule has 5 nitrogen and oxygen atoms in total. The third kappa shape index (κ3) is 3.91. The van der Waals surface area contributed by atoms with Crippen LogP contribution in [0.5, 0.6) is 0 Å². The second-order valence-corrected chi connectivity index (χ2v) is 14.9. The first-order valence-electron chi connectivity index (χ1n) is 9.39. The number of ether oxygens (including phenoxy) is 1. The molecule has 2 aromatic rings. The zero-order chi connectivity index (χ0) is 19.2. The maximum absolute atomic E-state index is 6.23. The van der Waals surface area contributed by atoms with Crippen molar-refractivity contribution in [1.82, 2.24) is 9.55 Å². The Balaban J connectivity index is 1.86. The van der Waals surface area contributed by atoms with E-state index in [9.17, 15) is 0 Å². The highest BCUT2D eigenvalue weighted by molar-refractivity contribution is 6.76. The van der Waals surface area contributed by atoms with Crippen LogP contribution in [0, 0.1) is 0 Å². The van der Waals surface area contributed by atoms with E-state index in [2.05, 4.69) is 58.0 Å². The Hall–Kier alpha value is -1.15. The Morgan fingerprint density at radius 3 is 2.31 bits per heavy atom. The maximum atomic E-state index is 6.23. The Morgan fingerprint density at radius 1 is 1.08 bits per heavy atom. The summed E-state index contributed by atoms with van der Waals surface area (Å²) in [6.45, 7) is 16.6. The molecule has 2 heterocycles. The molecular formula is C19H31BN2O3Si. The second-order valence-electron chi connectivity index (χ2n) is 9.32. The van der Waals surface area contributed by atoms with Gasteiger partial charge in [-0.1, -0.05) is 31.8 Å². The van der Waals surface area contributed by atoms with Crippen LogP contribution in [0.2, 0.25) is 25.7 Å². The van der Waals surface area contributed by atoms with Gasteiger partial charge in [-0.3, -0.25) is 0 Å². The lowest BCUT2D eigenvalue weighted by atomic mass is 9.89. The van der Waals surface area contributed by atoms with Gasteiger partial charge in [0, 0.05) is 14.7 Å². The largest absolute Gasteiger partial charge is 0.532 e. The lowest BCUT2D eigenvalue weighted by Gasteiger charge is -2.32. The fraction of sp³-hybridized carbons (Fsp3) is 0.632. The van der Waals surface area contributed by atoms with Crippen LogP contribution < -0.4 is 5.72 Å². The van der Waals surface area contributed by atoms with Crippen LogP contribution in [0.25, 0.3) is 11.0 Å². The molecule has 0 unspecified atom stereocenters. The average molecular weight is 374 g/mol. The van der Waals surface area contributed by atoms with E-state index in [1.54, 1.807) is 0 Å².